The van der Waals surface area contributed by atoms with Crippen molar-refractivity contribution in [2.45, 2.75) is 56.2 Å². The summed E-state index contributed by atoms with van der Waals surface area (Å²) in [4.78, 5) is 12.3. The van der Waals surface area contributed by atoms with Crippen LogP contribution in [0, 0.1) is 0 Å². The van der Waals surface area contributed by atoms with Gasteiger partial charge in [-0.2, -0.15) is 0 Å². The van der Waals surface area contributed by atoms with Gasteiger partial charge in [0.1, 0.15) is 5.54 Å². The fraction of sp³-hybridized carbons (Fsp3) is 0.588. The zero-order valence-corrected chi connectivity index (χ0v) is 12.4. The van der Waals surface area contributed by atoms with E-state index < -0.39 is 5.54 Å². The summed E-state index contributed by atoms with van der Waals surface area (Å²) in [6, 6.07) is 10.1. The Labute approximate surface area is 126 Å². The molecule has 1 unspecified atom stereocenters. The third kappa shape index (κ3) is 3.27. The second-order valence-electron chi connectivity index (χ2n) is 6.27. The Morgan fingerprint density at radius 2 is 1.86 bits per heavy atom. The van der Waals surface area contributed by atoms with E-state index in [1.165, 1.54) is 12.8 Å². The van der Waals surface area contributed by atoms with Gasteiger partial charge in [0.25, 0.3) is 0 Å². The highest BCUT2D eigenvalue weighted by Gasteiger charge is 2.43. The normalized spacial score (nSPS) is 22.1. The van der Waals surface area contributed by atoms with E-state index in [2.05, 4.69) is 5.32 Å². The molecule has 3 rings (SSSR count). The molecular formula is C17H24N2O2. The molecule has 1 aromatic carbocycles. The number of amides is 1. The molecule has 21 heavy (non-hydrogen) atoms. The Bertz CT molecular complexity index is 481. The second kappa shape index (κ2) is 6.16. The topological polar surface area (TPSA) is 64.4 Å². The van der Waals surface area contributed by atoms with Crippen LogP contribution in [0.1, 0.15) is 44.1 Å². The minimum atomic E-state index is -0.898. The van der Waals surface area contributed by atoms with Crippen LogP contribution in [0.25, 0.3) is 0 Å². The number of ether oxygens (including phenoxy) is 1. The van der Waals surface area contributed by atoms with E-state index in [4.69, 9.17) is 10.5 Å². The van der Waals surface area contributed by atoms with Crippen molar-refractivity contribution in [3.05, 3.63) is 35.9 Å². The van der Waals surface area contributed by atoms with Crippen molar-refractivity contribution in [1.29, 1.82) is 0 Å². The van der Waals surface area contributed by atoms with Crippen molar-refractivity contribution in [2.75, 3.05) is 6.61 Å². The molecule has 1 atom stereocenters. The van der Waals surface area contributed by atoms with Crippen molar-refractivity contribution >= 4 is 5.91 Å². The first kappa shape index (κ1) is 14.5. The van der Waals surface area contributed by atoms with E-state index in [0.717, 1.165) is 31.2 Å². The van der Waals surface area contributed by atoms with Crippen molar-refractivity contribution in [2.24, 2.45) is 5.73 Å². The molecule has 0 aliphatic heterocycles. The first-order valence-corrected chi connectivity index (χ1v) is 7.95. The first-order valence-electron chi connectivity index (χ1n) is 7.95. The lowest BCUT2D eigenvalue weighted by Gasteiger charge is -2.33. The lowest BCUT2D eigenvalue weighted by Crippen LogP contribution is -2.57. The van der Waals surface area contributed by atoms with E-state index >= 15 is 0 Å². The van der Waals surface area contributed by atoms with Gasteiger partial charge in [-0.3, -0.25) is 10.1 Å². The SMILES string of the molecule is NC(=O)C(COC1CCCC1)(NC1CC1)c1ccccc1. The molecule has 0 bridgehead atoms. The van der Waals surface area contributed by atoms with Gasteiger partial charge in [-0.05, 0) is 31.2 Å². The lowest BCUT2D eigenvalue weighted by molar-refractivity contribution is -0.129. The van der Waals surface area contributed by atoms with Crippen molar-refractivity contribution in [3.8, 4) is 0 Å². The van der Waals surface area contributed by atoms with E-state index in [9.17, 15) is 4.79 Å². The highest BCUT2D eigenvalue weighted by Crippen LogP contribution is 2.31. The predicted octanol–water partition coefficient (Wildman–Crippen LogP) is 2.08. The van der Waals surface area contributed by atoms with Gasteiger partial charge in [-0.25, -0.2) is 0 Å². The Balaban J connectivity index is 1.82. The molecular weight excluding hydrogens is 264 g/mol. The number of primary amides is 1. The molecule has 0 saturated heterocycles. The zero-order chi connectivity index (χ0) is 14.7. The fourth-order valence-corrected chi connectivity index (χ4v) is 3.09. The van der Waals surface area contributed by atoms with Crippen LogP contribution in [0.5, 0.6) is 0 Å². The number of carbonyl (C=O) groups is 1. The molecule has 0 aromatic heterocycles. The summed E-state index contributed by atoms with van der Waals surface area (Å²) in [6.45, 7) is 0.327. The van der Waals surface area contributed by atoms with Crippen LogP contribution < -0.4 is 11.1 Å². The molecule has 4 nitrogen and oxygen atoms in total. The van der Waals surface area contributed by atoms with Crippen LogP contribution in [0.2, 0.25) is 0 Å². The largest absolute Gasteiger partial charge is 0.375 e. The summed E-state index contributed by atoms with van der Waals surface area (Å²) in [6.07, 6.45) is 7.09. The molecule has 1 amide bonds. The number of hydrogen-bond donors (Lipinski definition) is 2. The van der Waals surface area contributed by atoms with Crippen LogP contribution >= 0.6 is 0 Å². The maximum atomic E-state index is 12.3. The molecule has 0 radical (unpaired) electrons. The maximum absolute atomic E-state index is 12.3. The standard InChI is InChI=1S/C17H24N2O2/c18-16(20)17(19-14-10-11-14,13-6-2-1-3-7-13)12-21-15-8-4-5-9-15/h1-3,6-7,14-15,19H,4-5,8-12H2,(H2,18,20). The summed E-state index contributed by atoms with van der Waals surface area (Å²) in [7, 11) is 0. The minimum absolute atomic E-state index is 0.272. The molecule has 1 aromatic rings. The van der Waals surface area contributed by atoms with Crippen LogP contribution in [0.3, 0.4) is 0 Å². The lowest BCUT2D eigenvalue weighted by atomic mass is 9.89. The molecule has 0 spiro atoms. The van der Waals surface area contributed by atoms with Crippen molar-refractivity contribution < 1.29 is 9.53 Å². The Morgan fingerprint density at radius 3 is 2.43 bits per heavy atom. The smallest absolute Gasteiger partial charge is 0.244 e. The van der Waals surface area contributed by atoms with Gasteiger partial charge in [0.2, 0.25) is 5.91 Å². The van der Waals surface area contributed by atoms with E-state index in [0.29, 0.717) is 12.6 Å². The van der Waals surface area contributed by atoms with Gasteiger partial charge in [0, 0.05) is 6.04 Å². The van der Waals surface area contributed by atoms with Gasteiger partial charge in [-0.1, -0.05) is 43.2 Å². The molecule has 2 aliphatic rings. The molecule has 3 N–H and O–H groups in total. The Morgan fingerprint density at radius 1 is 1.19 bits per heavy atom. The first-order chi connectivity index (χ1) is 10.2. The zero-order valence-electron chi connectivity index (χ0n) is 12.4. The highest BCUT2D eigenvalue weighted by molar-refractivity contribution is 5.86. The molecule has 0 heterocycles. The van der Waals surface area contributed by atoms with Crippen LogP contribution in [0.15, 0.2) is 30.3 Å². The van der Waals surface area contributed by atoms with Gasteiger partial charge < -0.3 is 10.5 Å². The summed E-state index contributed by atoms with van der Waals surface area (Å²) in [5, 5.41) is 3.44. The summed E-state index contributed by atoms with van der Waals surface area (Å²) in [5.41, 5.74) is 5.79. The molecule has 2 aliphatic carbocycles. The highest BCUT2D eigenvalue weighted by atomic mass is 16.5. The van der Waals surface area contributed by atoms with Gasteiger partial charge >= 0.3 is 0 Å². The number of nitrogens with two attached hydrogens (primary N) is 1. The quantitative estimate of drug-likeness (QED) is 0.807. The van der Waals surface area contributed by atoms with Crippen molar-refractivity contribution in [3.63, 3.8) is 0 Å². The maximum Gasteiger partial charge on any atom is 0.244 e. The summed E-state index contributed by atoms with van der Waals surface area (Å²) in [5.74, 6) is -0.349. The number of rotatable bonds is 7. The Hall–Kier alpha value is -1.39. The second-order valence-corrected chi connectivity index (χ2v) is 6.27. The summed E-state index contributed by atoms with van der Waals surface area (Å²) >= 11 is 0. The minimum Gasteiger partial charge on any atom is -0.375 e. The average molecular weight is 288 g/mol. The summed E-state index contributed by atoms with van der Waals surface area (Å²) < 4.78 is 6.05. The number of nitrogens with one attached hydrogen (secondary N) is 1. The third-order valence-electron chi connectivity index (χ3n) is 4.55. The molecule has 4 heteroatoms. The number of carbonyl (C=O) groups excluding carboxylic acids is 1. The fourth-order valence-electron chi connectivity index (χ4n) is 3.09. The van der Waals surface area contributed by atoms with Gasteiger partial charge in [-0.15, -0.1) is 0 Å². The van der Waals surface area contributed by atoms with Crippen LogP contribution in [0.4, 0.5) is 0 Å². The van der Waals surface area contributed by atoms with Gasteiger partial charge in [0.05, 0.1) is 12.7 Å². The monoisotopic (exact) mass is 288 g/mol. The van der Waals surface area contributed by atoms with Gasteiger partial charge in [0.15, 0.2) is 0 Å². The molecule has 2 fully saturated rings. The van der Waals surface area contributed by atoms with Crippen molar-refractivity contribution in [1.82, 2.24) is 5.32 Å². The van der Waals surface area contributed by atoms with E-state index in [-0.39, 0.29) is 12.0 Å². The van der Waals surface area contributed by atoms with E-state index in [1.807, 2.05) is 30.3 Å². The average Bonchev–Trinajstić information content (AvgIpc) is 3.16. The Kier molecular flexibility index (Phi) is 4.27. The van der Waals surface area contributed by atoms with E-state index in [1.54, 1.807) is 0 Å². The molecule has 2 saturated carbocycles. The number of benzene rings is 1. The third-order valence-corrected chi connectivity index (χ3v) is 4.55. The number of hydrogen-bond acceptors (Lipinski definition) is 3. The van der Waals surface area contributed by atoms with Crippen LogP contribution in [-0.2, 0) is 15.1 Å². The predicted molar refractivity (Wildman–Crippen MR) is 81.7 cm³/mol. The van der Waals surface area contributed by atoms with Crippen LogP contribution in [-0.4, -0.2) is 24.7 Å². The molecule has 114 valence electrons.